The van der Waals surface area contributed by atoms with Crippen LogP contribution in [0.3, 0.4) is 0 Å². The fraction of sp³-hybridized carbons (Fsp3) is 0.263. The fourth-order valence-corrected chi connectivity index (χ4v) is 3.36. The monoisotopic (exact) mass is 401 g/mol. The quantitative estimate of drug-likeness (QED) is 0.562. The van der Waals surface area contributed by atoms with Crippen LogP contribution in [0, 0.1) is 0 Å². The van der Waals surface area contributed by atoms with Crippen LogP contribution in [-0.2, 0) is 27.4 Å². The molecule has 1 fully saturated rings. The van der Waals surface area contributed by atoms with Crippen molar-refractivity contribution in [1.82, 2.24) is 15.1 Å². The highest BCUT2D eigenvalue weighted by Gasteiger charge is 2.29. The number of nitrogens with zero attached hydrogens (tertiary/aromatic N) is 2. The van der Waals surface area contributed by atoms with Gasteiger partial charge in [0, 0.05) is 13.6 Å². The molecular weight excluding hydrogens is 382 g/mol. The molecule has 4 amide bonds. The number of urea groups is 1. The molecule has 8 nitrogen and oxygen atoms in total. The van der Waals surface area contributed by atoms with Crippen molar-refractivity contribution in [3.63, 3.8) is 0 Å². The van der Waals surface area contributed by atoms with Crippen molar-refractivity contribution < 1.29 is 23.9 Å². The van der Waals surface area contributed by atoms with Gasteiger partial charge in [0.25, 0.3) is 5.91 Å². The normalized spacial score (nSPS) is 13.4. The van der Waals surface area contributed by atoms with Crippen molar-refractivity contribution in [2.24, 2.45) is 0 Å². The lowest BCUT2D eigenvalue weighted by molar-refractivity contribution is -0.133. The Bertz CT molecular complexity index is 881. The SMILES string of the molecule is CN(Cc1ccsc1)C(=O)COC(=O)c1ccccc1CN1C(=O)CNC1=O. The molecule has 1 aromatic heterocycles. The summed E-state index contributed by atoms with van der Waals surface area (Å²) in [6.07, 6.45) is 0. The molecule has 28 heavy (non-hydrogen) atoms. The first-order chi connectivity index (χ1) is 13.5. The van der Waals surface area contributed by atoms with Gasteiger partial charge in [-0.05, 0) is 34.0 Å². The molecule has 2 heterocycles. The summed E-state index contributed by atoms with van der Waals surface area (Å²) in [5, 5.41) is 6.30. The van der Waals surface area contributed by atoms with E-state index in [9.17, 15) is 19.2 Å². The second-order valence-electron chi connectivity index (χ2n) is 6.25. The Morgan fingerprint density at radius 3 is 2.71 bits per heavy atom. The average Bonchev–Trinajstić information content (AvgIpc) is 3.31. The summed E-state index contributed by atoms with van der Waals surface area (Å²) in [5.41, 5.74) is 1.69. The minimum Gasteiger partial charge on any atom is -0.452 e. The van der Waals surface area contributed by atoms with Gasteiger partial charge in [-0.2, -0.15) is 11.3 Å². The summed E-state index contributed by atoms with van der Waals surface area (Å²) >= 11 is 1.54. The van der Waals surface area contributed by atoms with Gasteiger partial charge in [-0.3, -0.25) is 14.5 Å². The minimum absolute atomic E-state index is 0.0397. The van der Waals surface area contributed by atoms with E-state index in [0.29, 0.717) is 12.1 Å². The summed E-state index contributed by atoms with van der Waals surface area (Å²) in [7, 11) is 1.64. The number of rotatable bonds is 7. The lowest BCUT2D eigenvalue weighted by Crippen LogP contribution is -2.32. The lowest BCUT2D eigenvalue weighted by Gasteiger charge is -2.17. The maximum absolute atomic E-state index is 12.5. The molecule has 0 saturated carbocycles. The van der Waals surface area contributed by atoms with Crippen LogP contribution in [0.2, 0.25) is 0 Å². The first-order valence-corrected chi connectivity index (χ1v) is 9.48. The molecule has 1 saturated heterocycles. The Balaban J connectivity index is 1.60. The number of benzene rings is 1. The maximum Gasteiger partial charge on any atom is 0.338 e. The second kappa shape index (κ2) is 8.66. The van der Waals surface area contributed by atoms with E-state index in [0.717, 1.165) is 10.5 Å². The average molecular weight is 401 g/mol. The van der Waals surface area contributed by atoms with Crippen molar-refractivity contribution in [2.45, 2.75) is 13.1 Å². The Morgan fingerprint density at radius 1 is 1.25 bits per heavy atom. The maximum atomic E-state index is 12.5. The van der Waals surface area contributed by atoms with E-state index in [1.54, 1.807) is 36.6 Å². The summed E-state index contributed by atoms with van der Waals surface area (Å²) in [6.45, 7) is -0.0576. The molecule has 2 aromatic rings. The fourth-order valence-electron chi connectivity index (χ4n) is 2.70. The smallest absolute Gasteiger partial charge is 0.338 e. The molecule has 3 rings (SSSR count). The van der Waals surface area contributed by atoms with E-state index in [2.05, 4.69) is 5.32 Å². The van der Waals surface area contributed by atoms with Crippen LogP contribution in [0.5, 0.6) is 0 Å². The highest BCUT2D eigenvalue weighted by molar-refractivity contribution is 7.07. The number of hydrogen-bond donors (Lipinski definition) is 1. The number of esters is 1. The van der Waals surface area contributed by atoms with Crippen molar-refractivity contribution in [3.05, 3.63) is 57.8 Å². The first-order valence-electron chi connectivity index (χ1n) is 8.54. The van der Waals surface area contributed by atoms with E-state index in [4.69, 9.17) is 4.74 Å². The number of carbonyl (C=O) groups is 4. The predicted molar refractivity (Wildman–Crippen MR) is 101 cm³/mol. The molecule has 0 atom stereocenters. The van der Waals surface area contributed by atoms with Gasteiger partial charge in [-0.1, -0.05) is 18.2 Å². The van der Waals surface area contributed by atoms with Gasteiger partial charge in [0.05, 0.1) is 18.7 Å². The third-order valence-corrected chi connectivity index (χ3v) is 4.99. The molecule has 1 aliphatic heterocycles. The third kappa shape index (κ3) is 4.55. The van der Waals surface area contributed by atoms with Crippen LogP contribution in [0.4, 0.5) is 4.79 Å². The molecule has 0 aliphatic carbocycles. The van der Waals surface area contributed by atoms with Crippen molar-refractivity contribution >= 4 is 35.2 Å². The summed E-state index contributed by atoms with van der Waals surface area (Å²) in [4.78, 5) is 50.7. The van der Waals surface area contributed by atoms with Crippen molar-refractivity contribution in [3.8, 4) is 0 Å². The highest BCUT2D eigenvalue weighted by Crippen LogP contribution is 2.15. The van der Waals surface area contributed by atoms with Gasteiger partial charge in [0.2, 0.25) is 5.91 Å². The number of imide groups is 1. The number of amides is 4. The number of thiophene rings is 1. The lowest BCUT2D eigenvalue weighted by atomic mass is 10.1. The van der Waals surface area contributed by atoms with Crippen LogP contribution in [0.1, 0.15) is 21.5 Å². The molecule has 0 unspecified atom stereocenters. The molecule has 1 N–H and O–H groups in total. The van der Waals surface area contributed by atoms with Gasteiger partial charge in [-0.15, -0.1) is 0 Å². The first kappa shape index (κ1) is 19.6. The Kier molecular flexibility index (Phi) is 6.05. The van der Waals surface area contributed by atoms with Crippen molar-refractivity contribution in [2.75, 3.05) is 20.2 Å². The Hall–Kier alpha value is -3.20. The zero-order chi connectivity index (χ0) is 20.1. The summed E-state index contributed by atoms with van der Waals surface area (Å²) in [6, 6.07) is 7.95. The molecular formula is C19H19N3O5S. The molecule has 1 aromatic carbocycles. The molecule has 0 bridgehead atoms. The Labute approximate surface area is 165 Å². The van der Waals surface area contributed by atoms with Gasteiger partial charge >= 0.3 is 12.0 Å². The predicted octanol–water partition coefficient (Wildman–Crippen LogP) is 1.62. The minimum atomic E-state index is -0.681. The van der Waals surface area contributed by atoms with E-state index < -0.39 is 18.6 Å². The molecule has 0 radical (unpaired) electrons. The number of hydrogen-bond acceptors (Lipinski definition) is 6. The van der Waals surface area contributed by atoms with Crippen molar-refractivity contribution in [1.29, 1.82) is 0 Å². The van der Waals surface area contributed by atoms with Crippen LogP contribution in [0.15, 0.2) is 41.1 Å². The number of ether oxygens (including phenoxy) is 1. The van der Waals surface area contributed by atoms with Gasteiger partial charge in [-0.25, -0.2) is 9.59 Å². The van der Waals surface area contributed by atoms with E-state index in [1.165, 1.54) is 11.0 Å². The van der Waals surface area contributed by atoms with E-state index in [1.807, 2.05) is 16.8 Å². The number of nitrogens with one attached hydrogen (secondary N) is 1. The topological polar surface area (TPSA) is 96.0 Å². The second-order valence-corrected chi connectivity index (χ2v) is 7.03. The largest absolute Gasteiger partial charge is 0.452 e. The molecule has 9 heteroatoms. The molecule has 0 spiro atoms. The third-order valence-electron chi connectivity index (χ3n) is 4.26. The van der Waals surface area contributed by atoms with Gasteiger partial charge in [0.15, 0.2) is 6.61 Å². The van der Waals surface area contributed by atoms with Crippen LogP contribution >= 0.6 is 11.3 Å². The standard InChI is InChI=1S/C19H19N3O5S/c1-21(9-13-6-7-28-12-13)17(24)11-27-18(25)15-5-3-2-4-14(15)10-22-16(23)8-20-19(22)26/h2-7,12H,8-11H2,1H3,(H,20,26). The van der Waals surface area contributed by atoms with Crippen LogP contribution in [0.25, 0.3) is 0 Å². The Morgan fingerprint density at radius 2 is 2.04 bits per heavy atom. The highest BCUT2D eigenvalue weighted by atomic mass is 32.1. The summed E-state index contributed by atoms with van der Waals surface area (Å²) < 4.78 is 5.16. The van der Waals surface area contributed by atoms with Crippen LogP contribution < -0.4 is 5.32 Å². The van der Waals surface area contributed by atoms with E-state index >= 15 is 0 Å². The zero-order valence-electron chi connectivity index (χ0n) is 15.2. The molecule has 1 aliphatic rings. The number of carbonyl (C=O) groups excluding carboxylic acids is 4. The molecule has 146 valence electrons. The van der Waals surface area contributed by atoms with Gasteiger partial charge in [0.1, 0.15) is 0 Å². The summed E-state index contributed by atoms with van der Waals surface area (Å²) in [5.74, 6) is -1.37. The number of likely N-dealkylation sites (N-methyl/N-ethyl adjacent to an activating group) is 1. The van der Waals surface area contributed by atoms with Crippen LogP contribution in [-0.4, -0.2) is 53.8 Å². The van der Waals surface area contributed by atoms with E-state index in [-0.39, 0.29) is 30.5 Å². The van der Waals surface area contributed by atoms with Gasteiger partial charge < -0.3 is 15.0 Å². The zero-order valence-corrected chi connectivity index (χ0v) is 16.0.